The Morgan fingerprint density at radius 3 is 1.03 bits per heavy atom. The Bertz CT molecular complexity index is 4100. The maximum atomic E-state index is 14.4. The highest BCUT2D eigenvalue weighted by molar-refractivity contribution is 6.27. The average Bonchev–Trinajstić information content (AvgIpc) is 3.31. The predicted octanol–water partition coefficient (Wildman–Crippen LogP) is 14.5. The lowest BCUT2D eigenvalue weighted by molar-refractivity contribution is 0.649. The van der Waals surface area contributed by atoms with Crippen molar-refractivity contribution in [2.45, 2.75) is 0 Å². The van der Waals surface area contributed by atoms with Gasteiger partial charge in [-0.3, -0.25) is 9.59 Å². The molecular weight excluding hydrogens is 737 g/mol. The first-order chi connectivity index (χ1) is 29.6. The molecule has 0 atom stereocenters. The molecule has 0 saturated carbocycles. The van der Waals surface area contributed by atoms with Gasteiger partial charge in [-0.15, -0.1) is 0 Å². The summed E-state index contributed by atoms with van der Waals surface area (Å²) in [6, 6.07) is 62.0. The Kier molecular flexibility index (Phi) is 6.71. The summed E-state index contributed by atoms with van der Waals surface area (Å²) in [7, 11) is 0. The van der Waals surface area contributed by atoms with Gasteiger partial charge in [-0.2, -0.15) is 0 Å². The molecule has 0 aliphatic rings. The highest BCUT2D eigenvalue weighted by Gasteiger charge is 2.19. The summed E-state index contributed by atoms with van der Waals surface area (Å²) in [4.78, 5) is 28.5. The lowest BCUT2D eigenvalue weighted by Crippen LogP contribution is -2.07. The van der Waals surface area contributed by atoms with Crippen LogP contribution in [0.5, 0.6) is 0 Å². The van der Waals surface area contributed by atoms with Crippen molar-refractivity contribution in [1.82, 2.24) is 0 Å². The van der Waals surface area contributed by atoms with Crippen LogP contribution in [0.1, 0.15) is 0 Å². The minimum absolute atomic E-state index is 0.192. The van der Waals surface area contributed by atoms with E-state index in [9.17, 15) is 9.59 Å². The molecule has 11 aromatic carbocycles. The van der Waals surface area contributed by atoms with Crippen LogP contribution in [-0.2, 0) is 0 Å². The van der Waals surface area contributed by atoms with E-state index < -0.39 is 0 Å². The van der Waals surface area contributed by atoms with Crippen molar-refractivity contribution < 1.29 is 8.83 Å². The summed E-state index contributed by atoms with van der Waals surface area (Å²) < 4.78 is 13.1. The van der Waals surface area contributed by atoms with E-state index in [4.69, 9.17) is 8.83 Å². The average molecular weight is 767 g/mol. The molecule has 0 saturated heterocycles. The van der Waals surface area contributed by atoms with Crippen LogP contribution >= 0.6 is 0 Å². The molecule has 0 bridgehead atoms. The van der Waals surface area contributed by atoms with E-state index in [0.29, 0.717) is 32.9 Å². The van der Waals surface area contributed by atoms with E-state index in [0.717, 1.165) is 27.6 Å². The summed E-state index contributed by atoms with van der Waals surface area (Å²) in [5.41, 5.74) is 4.89. The highest BCUT2D eigenvalue weighted by Crippen LogP contribution is 2.40. The van der Waals surface area contributed by atoms with E-state index in [1.54, 1.807) is 12.1 Å². The third-order valence-corrected chi connectivity index (χ3v) is 12.6. The molecule has 60 heavy (non-hydrogen) atoms. The van der Waals surface area contributed by atoms with E-state index in [-0.39, 0.29) is 21.8 Å². The second-order valence-corrected chi connectivity index (χ2v) is 15.8. The number of rotatable bonds is 2. The molecule has 0 fully saturated rings. The third-order valence-electron chi connectivity index (χ3n) is 12.6. The summed E-state index contributed by atoms with van der Waals surface area (Å²) in [6.45, 7) is 0. The number of hydrogen-bond donors (Lipinski definition) is 0. The topological polar surface area (TPSA) is 60.4 Å². The molecule has 0 radical (unpaired) electrons. The zero-order chi connectivity index (χ0) is 39.6. The van der Waals surface area contributed by atoms with Crippen LogP contribution in [0, 0.1) is 0 Å². The molecule has 2 heterocycles. The molecule has 13 rings (SSSR count). The first-order valence-electron chi connectivity index (χ1n) is 20.1. The zero-order valence-electron chi connectivity index (χ0n) is 32.0. The predicted molar refractivity (Wildman–Crippen MR) is 249 cm³/mol. The molecule has 0 spiro atoms. The molecule has 0 aliphatic heterocycles. The van der Waals surface area contributed by atoms with Crippen molar-refractivity contribution >= 4 is 109 Å². The van der Waals surface area contributed by atoms with Gasteiger partial charge in [-0.05, 0) is 135 Å². The Morgan fingerprint density at radius 1 is 0.250 bits per heavy atom. The third kappa shape index (κ3) is 4.61. The van der Waals surface area contributed by atoms with Gasteiger partial charge in [0, 0.05) is 0 Å². The summed E-state index contributed by atoms with van der Waals surface area (Å²) >= 11 is 0. The largest absolute Gasteiger partial charge is 0.456 e. The fourth-order valence-corrected chi connectivity index (χ4v) is 9.78. The van der Waals surface area contributed by atoms with Gasteiger partial charge < -0.3 is 8.83 Å². The lowest BCUT2D eigenvalue weighted by atomic mass is 9.92. The minimum Gasteiger partial charge on any atom is -0.456 e. The van der Waals surface area contributed by atoms with Crippen LogP contribution in [0.4, 0.5) is 0 Å². The van der Waals surface area contributed by atoms with Gasteiger partial charge in [-0.25, -0.2) is 0 Å². The standard InChI is InChI=1S/C56H30O4/c57-54-45-23-19-34(32-18-22-44-40-14-4-2-10-36(40)38-12-6-8-16-42(38)49(44)28-32)30-52(45)60-56-47(54)25-26-50-53(56)55(58)46-24-20-33(29-51(46)59-50)31-17-21-43-39-13-3-1-9-35(39)37-11-5-7-15-41(37)48(43)27-31/h1-30H. The van der Waals surface area contributed by atoms with Crippen LogP contribution < -0.4 is 10.9 Å². The molecule has 0 unspecified atom stereocenters. The maximum absolute atomic E-state index is 14.4. The Morgan fingerprint density at radius 2 is 0.583 bits per heavy atom. The number of hydrogen-bond acceptors (Lipinski definition) is 4. The number of benzene rings is 11. The molecule has 0 aliphatic carbocycles. The van der Waals surface area contributed by atoms with Gasteiger partial charge in [-0.1, -0.05) is 133 Å². The van der Waals surface area contributed by atoms with Gasteiger partial charge in [0.2, 0.25) is 10.9 Å². The Balaban J connectivity index is 0.962. The fourth-order valence-electron chi connectivity index (χ4n) is 9.78. The normalized spacial score (nSPS) is 12.1. The molecular formula is C56H30O4. The lowest BCUT2D eigenvalue weighted by Gasteiger charge is -2.12. The summed E-state index contributed by atoms with van der Waals surface area (Å²) in [5, 5.41) is 15.9. The SMILES string of the molecule is O=c1c2ccc(-c3ccc4c5ccccc5c5ccccc5c4c3)cc2oc2c1ccc1oc3cc(-c4ccc5c6ccccc6c6ccccc6c5c4)ccc3c(=O)c12. The minimum atomic E-state index is -0.244. The molecule has 0 N–H and O–H groups in total. The van der Waals surface area contributed by atoms with Crippen molar-refractivity contribution in [2.75, 3.05) is 0 Å². The first-order valence-corrected chi connectivity index (χ1v) is 20.1. The van der Waals surface area contributed by atoms with E-state index in [1.165, 1.54) is 59.2 Å². The van der Waals surface area contributed by atoms with E-state index in [2.05, 4.69) is 133 Å². The van der Waals surface area contributed by atoms with Crippen LogP contribution in [0.25, 0.3) is 131 Å². The molecule has 0 amide bonds. The second-order valence-electron chi connectivity index (χ2n) is 15.8. The van der Waals surface area contributed by atoms with E-state index in [1.807, 2.05) is 36.4 Å². The highest BCUT2D eigenvalue weighted by atomic mass is 16.3. The Hall–Kier alpha value is -8.08. The fraction of sp³-hybridized carbons (Fsp3) is 0. The van der Waals surface area contributed by atoms with Gasteiger partial charge in [0.15, 0.2) is 5.58 Å². The maximum Gasteiger partial charge on any atom is 0.204 e. The van der Waals surface area contributed by atoms with Crippen molar-refractivity contribution in [1.29, 1.82) is 0 Å². The van der Waals surface area contributed by atoms with E-state index >= 15 is 0 Å². The smallest absolute Gasteiger partial charge is 0.204 e. The van der Waals surface area contributed by atoms with Gasteiger partial charge in [0.05, 0.1) is 16.2 Å². The number of fused-ring (bicyclic) bond motifs is 17. The van der Waals surface area contributed by atoms with Gasteiger partial charge >= 0.3 is 0 Å². The monoisotopic (exact) mass is 766 g/mol. The molecule has 4 heteroatoms. The van der Waals surface area contributed by atoms with Crippen LogP contribution in [0.15, 0.2) is 200 Å². The van der Waals surface area contributed by atoms with Crippen LogP contribution in [0.2, 0.25) is 0 Å². The molecule has 4 nitrogen and oxygen atoms in total. The summed E-state index contributed by atoms with van der Waals surface area (Å²) in [5.74, 6) is 0. The van der Waals surface area contributed by atoms with Crippen molar-refractivity contribution in [3.8, 4) is 22.3 Å². The molecule has 278 valence electrons. The quantitative estimate of drug-likeness (QED) is 0.130. The van der Waals surface area contributed by atoms with Crippen molar-refractivity contribution in [3.05, 3.63) is 202 Å². The molecule has 2 aromatic heterocycles. The molecule has 13 aromatic rings. The zero-order valence-corrected chi connectivity index (χ0v) is 32.0. The first kappa shape index (κ1) is 32.9. The van der Waals surface area contributed by atoms with Gasteiger partial charge in [0.25, 0.3) is 0 Å². The van der Waals surface area contributed by atoms with Crippen LogP contribution in [-0.4, -0.2) is 0 Å². The Labute approximate surface area is 340 Å². The van der Waals surface area contributed by atoms with Gasteiger partial charge in [0.1, 0.15) is 22.1 Å². The van der Waals surface area contributed by atoms with Crippen molar-refractivity contribution in [2.24, 2.45) is 0 Å². The van der Waals surface area contributed by atoms with Crippen LogP contribution in [0.3, 0.4) is 0 Å². The van der Waals surface area contributed by atoms with Crippen molar-refractivity contribution in [3.63, 3.8) is 0 Å². The second kappa shape index (κ2) is 12.2. The summed E-state index contributed by atoms with van der Waals surface area (Å²) in [6.07, 6.45) is 0.